The zero-order chi connectivity index (χ0) is 16.2. The largest absolute Gasteiger partial charge is 0.342 e. The molecule has 2 nitrogen and oxygen atoms in total. The number of halogens is 1. The molecular formula is C19H21FN2S. The van der Waals surface area contributed by atoms with Gasteiger partial charge in [0.05, 0.1) is 0 Å². The van der Waals surface area contributed by atoms with Crippen molar-refractivity contribution in [2.24, 2.45) is 5.92 Å². The average molecular weight is 328 g/mol. The Bertz CT molecular complexity index is 653. The molecule has 1 unspecified atom stereocenters. The summed E-state index contributed by atoms with van der Waals surface area (Å²) in [7, 11) is 0. The Morgan fingerprint density at radius 2 is 1.83 bits per heavy atom. The van der Waals surface area contributed by atoms with Crippen LogP contribution in [0.25, 0.3) is 0 Å². The molecule has 3 rings (SSSR count). The first-order valence-electron chi connectivity index (χ1n) is 8.00. The summed E-state index contributed by atoms with van der Waals surface area (Å²) < 4.78 is 13.0. The summed E-state index contributed by atoms with van der Waals surface area (Å²) in [6.07, 6.45) is 2.54. The third kappa shape index (κ3) is 4.29. The van der Waals surface area contributed by atoms with Crippen molar-refractivity contribution in [2.45, 2.75) is 32.4 Å². The Balaban J connectivity index is 1.73. The van der Waals surface area contributed by atoms with E-state index in [1.807, 2.05) is 18.2 Å². The second-order valence-electron chi connectivity index (χ2n) is 6.13. The normalized spacial score (nSPS) is 15.0. The van der Waals surface area contributed by atoms with Gasteiger partial charge in [0.25, 0.3) is 0 Å². The molecule has 0 bridgehead atoms. The maximum absolute atomic E-state index is 13.0. The van der Waals surface area contributed by atoms with Crippen LogP contribution in [0.15, 0.2) is 54.6 Å². The number of anilines is 1. The van der Waals surface area contributed by atoms with Crippen LogP contribution in [0, 0.1) is 11.7 Å². The second-order valence-corrected chi connectivity index (χ2v) is 6.52. The second kappa shape index (κ2) is 7.09. The van der Waals surface area contributed by atoms with Crippen molar-refractivity contribution in [3.8, 4) is 0 Å². The van der Waals surface area contributed by atoms with Crippen molar-refractivity contribution < 1.29 is 4.39 Å². The molecule has 0 saturated heterocycles. The lowest BCUT2D eigenvalue weighted by molar-refractivity contribution is 0.298. The highest BCUT2D eigenvalue weighted by molar-refractivity contribution is 7.80. The molecule has 4 heteroatoms. The topological polar surface area (TPSA) is 15.3 Å². The van der Waals surface area contributed by atoms with E-state index in [4.69, 9.17) is 12.2 Å². The molecule has 1 saturated carbocycles. The number of rotatable bonds is 5. The van der Waals surface area contributed by atoms with E-state index in [2.05, 4.69) is 29.3 Å². The van der Waals surface area contributed by atoms with E-state index < -0.39 is 0 Å². The zero-order valence-electron chi connectivity index (χ0n) is 13.2. The molecule has 1 aliphatic carbocycles. The summed E-state index contributed by atoms with van der Waals surface area (Å²) in [5, 5.41) is 3.94. The summed E-state index contributed by atoms with van der Waals surface area (Å²) in [5.74, 6) is 0.473. The number of hydrogen-bond acceptors (Lipinski definition) is 1. The van der Waals surface area contributed by atoms with Gasteiger partial charge in [0.15, 0.2) is 5.11 Å². The minimum absolute atomic E-state index is 0.242. The summed E-state index contributed by atoms with van der Waals surface area (Å²) in [6, 6.07) is 17.1. The van der Waals surface area contributed by atoms with Crippen LogP contribution in [-0.2, 0) is 6.54 Å². The van der Waals surface area contributed by atoms with Crippen LogP contribution in [0.3, 0.4) is 0 Å². The molecule has 1 N–H and O–H groups in total. The van der Waals surface area contributed by atoms with E-state index in [1.54, 1.807) is 12.1 Å². The van der Waals surface area contributed by atoms with Gasteiger partial charge in [-0.1, -0.05) is 30.3 Å². The molecule has 2 aromatic carbocycles. The highest BCUT2D eigenvalue weighted by atomic mass is 32.1. The summed E-state index contributed by atoms with van der Waals surface area (Å²) >= 11 is 5.63. The average Bonchev–Trinajstić information content (AvgIpc) is 3.40. The maximum atomic E-state index is 13.0. The van der Waals surface area contributed by atoms with Crippen molar-refractivity contribution >= 4 is 23.0 Å². The Morgan fingerprint density at radius 1 is 1.17 bits per heavy atom. The summed E-state index contributed by atoms with van der Waals surface area (Å²) in [5.41, 5.74) is 2.06. The lowest BCUT2D eigenvalue weighted by Crippen LogP contribution is -2.41. The van der Waals surface area contributed by atoms with Gasteiger partial charge in [-0.05, 0) is 67.7 Å². The Kier molecular flexibility index (Phi) is 4.91. The minimum atomic E-state index is -0.242. The molecule has 1 fully saturated rings. The van der Waals surface area contributed by atoms with Gasteiger partial charge in [0, 0.05) is 18.3 Å². The van der Waals surface area contributed by atoms with E-state index in [0.29, 0.717) is 17.1 Å². The van der Waals surface area contributed by atoms with Gasteiger partial charge in [-0.15, -0.1) is 0 Å². The molecule has 0 heterocycles. The predicted octanol–water partition coefficient (Wildman–Crippen LogP) is 4.82. The van der Waals surface area contributed by atoms with E-state index in [0.717, 1.165) is 12.2 Å². The zero-order valence-corrected chi connectivity index (χ0v) is 14.0. The first kappa shape index (κ1) is 15.9. The highest BCUT2D eigenvalue weighted by Gasteiger charge is 2.33. The van der Waals surface area contributed by atoms with Crippen molar-refractivity contribution in [1.82, 2.24) is 4.90 Å². The van der Waals surface area contributed by atoms with E-state index >= 15 is 0 Å². The van der Waals surface area contributed by atoms with Gasteiger partial charge in [-0.3, -0.25) is 0 Å². The molecule has 23 heavy (non-hydrogen) atoms. The smallest absolute Gasteiger partial charge is 0.173 e. The van der Waals surface area contributed by atoms with Crippen molar-refractivity contribution in [3.05, 3.63) is 66.0 Å². The predicted molar refractivity (Wildman–Crippen MR) is 96.8 cm³/mol. The van der Waals surface area contributed by atoms with Gasteiger partial charge in [-0.25, -0.2) is 4.39 Å². The molecule has 0 spiro atoms. The first-order valence-corrected chi connectivity index (χ1v) is 8.41. The molecule has 0 aromatic heterocycles. The Labute approximate surface area is 142 Å². The van der Waals surface area contributed by atoms with Crippen LogP contribution in [0.5, 0.6) is 0 Å². The first-order chi connectivity index (χ1) is 11.1. The Hall–Kier alpha value is -1.94. The van der Waals surface area contributed by atoms with Gasteiger partial charge in [-0.2, -0.15) is 0 Å². The van der Waals surface area contributed by atoms with Crippen molar-refractivity contribution in [2.75, 3.05) is 5.32 Å². The standard InChI is InChI=1S/C19H21FN2S/c1-14(16-7-8-16)22(13-15-5-3-2-4-6-15)19(23)21-18-11-9-17(20)10-12-18/h2-6,9-12,14,16H,7-8,13H2,1H3,(H,21,23). The molecule has 1 atom stereocenters. The van der Waals surface area contributed by atoms with Crippen LogP contribution in [0.2, 0.25) is 0 Å². The Morgan fingerprint density at radius 3 is 2.43 bits per heavy atom. The lowest BCUT2D eigenvalue weighted by atomic mass is 10.1. The molecular weight excluding hydrogens is 307 g/mol. The quantitative estimate of drug-likeness (QED) is 0.792. The van der Waals surface area contributed by atoms with Crippen LogP contribution in [-0.4, -0.2) is 16.1 Å². The van der Waals surface area contributed by atoms with Gasteiger partial charge >= 0.3 is 0 Å². The number of nitrogens with one attached hydrogen (secondary N) is 1. The monoisotopic (exact) mass is 328 g/mol. The fourth-order valence-corrected chi connectivity index (χ4v) is 3.09. The summed E-state index contributed by atoms with van der Waals surface area (Å²) in [4.78, 5) is 2.24. The van der Waals surface area contributed by atoms with Gasteiger partial charge in [0.1, 0.15) is 5.82 Å². The summed E-state index contributed by atoms with van der Waals surface area (Å²) in [6.45, 7) is 3.02. The highest BCUT2D eigenvalue weighted by Crippen LogP contribution is 2.36. The fraction of sp³-hybridized carbons (Fsp3) is 0.316. The van der Waals surface area contributed by atoms with Crippen LogP contribution < -0.4 is 5.32 Å². The number of hydrogen-bond donors (Lipinski definition) is 1. The molecule has 0 amide bonds. The number of thiocarbonyl (C=S) groups is 1. The van der Waals surface area contributed by atoms with Gasteiger partial charge in [0.2, 0.25) is 0 Å². The fourth-order valence-electron chi connectivity index (χ4n) is 2.74. The molecule has 2 aromatic rings. The molecule has 120 valence electrons. The molecule has 1 aliphatic rings. The molecule has 0 aliphatic heterocycles. The SMILES string of the molecule is CC(C1CC1)N(Cc1ccccc1)C(=S)Nc1ccc(F)cc1. The van der Waals surface area contributed by atoms with Crippen LogP contribution in [0.4, 0.5) is 10.1 Å². The number of nitrogens with zero attached hydrogens (tertiary/aromatic N) is 1. The third-order valence-corrected chi connectivity index (χ3v) is 4.68. The van der Waals surface area contributed by atoms with E-state index in [-0.39, 0.29) is 5.82 Å². The van der Waals surface area contributed by atoms with Crippen LogP contribution in [0.1, 0.15) is 25.3 Å². The molecule has 0 radical (unpaired) electrons. The van der Waals surface area contributed by atoms with E-state index in [9.17, 15) is 4.39 Å². The minimum Gasteiger partial charge on any atom is -0.342 e. The van der Waals surface area contributed by atoms with Crippen molar-refractivity contribution in [3.63, 3.8) is 0 Å². The third-order valence-electron chi connectivity index (χ3n) is 4.35. The lowest BCUT2D eigenvalue weighted by Gasteiger charge is -2.32. The van der Waals surface area contributed by atoms with E-state index in [1.165, 1.54) is 30.5 Å². The van der Waals surface area contributed by atoms with Crippen LogP contribution >= 0.6 is 12.2 Å². The van der Waals surface area contributed by atoms with Gasteiger partial charge < -0.3 is 10.2 Å². The van der Waals surface area contributed by atoms with Crippen molar-refractivity contribution in [1.29, 1.82) is 0 Å². The maximum Gasteiger partial charge on any atom is 0.173 e. The number of benzene rings is 2.